The first-order valence-corrected chi connectivity index (χ1v) is 9.02. The van der Waals surface area contributed by atoms with Gasteiger partial charge < -0.3 is 25.0 Å². The minimum Gasteiger partial charge on any atom is -0.477 e. The Bertz CT molecular complexity index is 982. The Morgan fingerprint density at radius 3 is 2.54 bits per heavy atom. The molecule has 150 valence electrons. The Balaban J connectivity index is 0.000000211. The van der Waals surface area contributed by atoms with E-state index in [1.165, 1.54) is 12.3 Å². The number of rotatable bonds is 1. The minimum absolute atomic E-state index is 0.0964. The van der Waals surface area contributed by atoms with Crippen LogP contribution in [0.25, 0.3) is 10.9 Å². The Morgan fingerprint density at radius 2 is 1.96 bits per heavy atom. The van der Waals surface area contributed by atoms with Gasteiger partial charge in [-0.05, 0) is 37.5 Å². The molecule has 1 aromatic carbocycles. The number of ether oxygens (including phenoxy) is 1. The summed E-state index contributed by atoms with van der Waals surface area (Å²) >= 11 is 0. The molecule has 1 atom stereocenters. The van der Waals surface area contributed by atoms with Crippen molar-refractivity contribution in [1.82, 2.24) is 9.47 Å². The van der Waals surface area contributed by atoms with Gasteiger partial charge in [0.05, 0.1) is 18.7 Å². The zero-order valence-electron chi connectivity index (χ0n) is 15.5. The summed E-state index contributed by atoms with van der Waals surface area (Å²) in [6, 6.07) is 2.30. The zero-order chi connectivity index (χ0) is 20.4. The maximum absolute atomic E-state index is 13.6. The van der Waals surface area contributed by atoms with Crippen LogP contribution in [0.15, 0.2) is 23.1 Å². The fourth-order valence-corrected chi connectivity index (χ4v) is 3.52. The van der Waals surface area contributed by atoms with Gasteiger partial charge in [-0.3, -0.25) is 4.79 Å². The van der Waals surface area contributed by atoms with Crippen molar-refractivity contribution in [3.63, 3.8) is 0 Å². The van der Waals surface area contributed by atoms with Crippen LogP contribution in [0, 0.1) is 5.82 Å². The number of amides is 2. The van der Waals surface area contributed by atoms with Crippen LogP contribution in [0.2, 0.25) is 0 Å². The standard InChI is InChI=1S/C14H12FNO3.C5H10N2O2/c1-7-2-3-8-4-9(15)5-10-12(8)16(7)6-11(13(10)17)14(18)19;6-5(8)7-1-3-9-4-2-7/h4-7H,2-3H2,1H3,(H,18,19);1-4H2,(H2,6,8). The van der Waals surface area contributed by atoms with Crippen molar-refractivity contribution >= 4 is 22.9 Å². The summed E-state index contributed by atoms with van der Waals surface area (Å²) < 4.78 is 20.3. The van der Waals surface area contributed by atoms with E-state index < -0.39 is 17.2 Å². The number of carboxylic acid groups (broad SMARTS) is 1. The highest BCUT2D eigenvalue weighted by Gasteiger charge is 2.23. The minimum atomic E-state index is -1.28. The van der Waals surface area contributed by atoms with Crippen LogP contribution in [0.4, 0.5) is 9.18 Å². The van der Waals surface area contributed by atoms with Gasteiger partial charge in [0, 0.05) is 30.7 Å². The number of aryl methyl sites for hydroxylation is 1. The Labute approximate surface area is 160 Å². The van der Waals surface area contributed by atoms with Crippen molar-refractivity contribution < 1.29 is 23.8 Å². The first kappa shape index (κ1) is 19.8. The normalized spacial score (nSPS) is 18.4. The fraction of sp³-hybridized carbons (Fsp3) is 0.421. The molecule has 8 nitrogen and oxygen atoms in total. The maximum Gasteiger partial charge on any atom is 0.341 e. The smallest absolute Gasteiger partial charge is 0.341 e. The summed E-state index contributed by atoms with van der Waals surface area (Å²) in [6.07, 6.45) is 2.87. The van der Waals surface area contributed by atoms with Crippen molar-refractivity contribution in [2.24, 2.45) is 5.73 Å². The van der Waals surface area contributed by atoms with Crippen molar-refractivity contribution in [2.45, 2.75) is 25.8 Å². The number of primary amides is 1. The number of hydrogen-bond donors (Lipinski definition) is 2. The van der Waals surface area contributed by atoms with Gasteiger partial charge in [0.15, 0.2) is 0 Å². The average Bonchev–Trinajstić information content (AvgIpc) is 2.67. The molecule has 1 saturated heterocycles. The number of nitrogens with two attached hydrogens (primary N) is 1. The maximum atomic E-state index is 13.6. The van der Waals surface area contributed by atoms with Crippen molar-refractivity contribution in [3.8, 4) is 0 Å². The second-order valence-corrected chi connectivity index (χ2v) is 6.87. The molecule has 2 aromatic rings. The summed E-state index contributed by atoms with van der Waals surface area (Å²) in [7, 11) is 0. The molecule has 3 N–H and O–H groups in total. The van der Waals surface area contributed by atoms with Crippen molar-refractivity contribution in [2.75, 3.05) is 26.3 Å². The van der Waals surface area contributed by atoms with Crippen LogP contribution in [0.1, 0.15) is 35.3 Å². The Kier molecular flexibility index (Phi) is 5.64. The number of carboxylic acids is 1. The van der Waals surface area contributed by atoms with Gasteiger partial charge in [-0.1, -0.05) is 0 Å². The van der Waals surface area contributed by atoms with Crippen LogP contribution in [0.3, 0.4) is 0 Å². The molecule has 1 aromatic heterocycles. The molecule has 0 bridgehead atoms. The van der Waals surface area contributed by atoms with Gasteiger partial charge in [-0.25, -0.2) is 14.0 Å². The summed E-state index contributed by atoms with van der Waals surface area (Å²) in [5.41, 5.74) is 5.50. The van der Waals surface area contributed by atoms with Crippen LogP contribution < -0.4 is 11.2 Å². The molecule has 1 fully saturated rings. The Morgan fingerprint density at radius 1 is 1.29 bits per heavy atom. The van der Waals surface area contributed by atoms with Gasteiger partial charge in [-0.2, -0.15) is 0 Å². The Hall–Kier alpha value is -2.94. The van der Waals surface area contributed by atoms with Gasteiger partial charge >= 0.3 is 12.0 Å². The monoisotopic (exact) mass is 391 g/mol. The molecule has 0 spiro atoms. The molecule has 1 unspecified atom stereocenters. The molecule has 2 amide bonds. The number of hydrogen-bond acceptors (Lipinski definition) is 4. The quantitative estimate of drug-likeness (QED) is 0.768. The van der Waals surface area contributed by atoms with Gasteiger partial charge in [-0.15, -0.1) is 0 Å². The van der Waals surface area contributed by atoms with E-state index in [4.69, 9.17) is 15.6 Å². The van der Waals surface area contributed by atoms with Crippen LogP contribution >= 0.6 is 0 Å². The molecule has 0 radical (unpaired) electrons. The highest BCUT2D eigenvalue weighted by Crippen LogP contribution is 2.30. The molecule has 0 aliphatic carbocycles. The third-order valence-corrected chi connectivity index (χ3v) is 5.03. The second-order valence-electron chi connectivity index (χ2n) is 6.87. The highest BCUT2D eigenvalue weighted by molar-refractivity contribution is 5.93. The molecule has 0 saturated carbocycles. The second kappa shape index (κ2) is 7.97. The predicted molar refractivity (Wildman–Crippen MR) is 100 cm³/mol. The summed E-state index contributed by atoms with van der Waals surface area (Å²) in [5.74, 6) is -1.78. The lowest BCUT2D eigenvalue weighted by Crippen LogP contribution is -2.43. The zero-order valence-corrected chi connectivity index (χ0v) is 15.5. The topological polar surface area (TPSA) is 115 Å². The highest BCUT2D eigenvalue weighted by atomic mass is 19.1. The van der Waals surface area contributed by atoms with E-state index in [2.05, 4.69) is 0 Å². The van der Waals surface area contributed by atoms with Crippen molar-refractivity contribution in [1.29, 1.82) is 0 Å². The van der Waals surface area contributed by atoms with Crippen LogP contribution in [-0.4, -0.2) is 52.9 Å². The lowest BCUT2D eigenvalue weighted by atomic mass is 9.96. The molecule has 3 heterocycles. The summed E-state index contributed by atoms with van der Waals surface area (Å²) in [5, 5.41) is 9.24. The number of aromatic nitrogens is 1. The third-order valence-electron chi connectivity index (χ3n) is 5.03. The SMILES string of the molecule is CC1CCc2cc(F)cc3c(=O)c(C(=O)O)cn1c23.NC(=O)N1CCOCC1. The molecule has 2 aliphatic heterocycles. The van der Waals surface area contributed by atoms with Crippen molar-refractivity contribution in [3.05, 3.63) is 45.5 Å². The number of carbonyl (C=O) groups excluding carboxylic acids is 1. The van der Waals surface area contributed by atoms with E-state index in [1.807, 2.05) is 6.92 Å². The van der Waals surface area contributed by atoms with E-state index in [1.54, 1.807) is 9.47 Å². The number of urea groups is 1. The van der Waals surface area contributed by atoms with Gasteiger partial charge in [0.1, 0.15) is 11.4 Å². The van der Waals surface area contributed by atoms with E-state index in [9.17, 15) is 18.8 Å². The van der Waals surface area contributed by atoms with E-state index in [-0.39, 0.29) is 23.0 Å². The van der Waals surface area contributed by atoms with Gasteiger partial charge in [0.2, 0.25) is 5.43 Å². The van der Waals surface area contributed by atoms with E-state index in [0.29, 0.717) is 38.2 Å². The first-order chi connectivity index (χ1) is 13.3. The van der Waals surface area contributed by atoms with Gasteiger partial charge in [0.25, 0.3) is 0 Å². The van der Waals surface area contributed by atoms with Crippen LogP contribution in [-0.2, 0) is 11.2 Å². The molecule has 28 heavy (non-hydrogen) atoms. The van der Waals surface area contributed by atoms with E-state index >= 15 is 0 Å². The van der Waals surface area contributed by atoms with E-state index in [0.717, 1.165) is 18.1 Å². The number of morpholine rings is 1. The molecular formula is C19H22FN3O5. The fourth-order valence-electron chi connectivity index (χ4n) is 3.52. The number of benzene rings is 1. The number of pyridine rings is 1. The first-order valence-electron chi connectivity index (χ1n) is 9.02. The molecule has 4 rings (SSSR count). The third kappa shape index (κ3) is 3.84. The summed E-state index contributed by atoms with van der Waals surface area (Å²) in [4.78, 5) is 35.3. The lowest BCUT2D eigenvalue weighted by molar-refractivity contribution is 0.0554. The molecule has 2 aliphatic rings. The number of halogens is 1. The predicted octanol–water partition coefficient (Wildman–Crippen LogP) is 1.74. The summed E-state index contributed by atoms with van der Waals surface area (Å²) in [6.45, 7) is 4.46. The lowest BCUT2D eigenvalue weighted by Gasteiger charge is -2.26. The van der Waals surface area contributed by atoms with Crippen LogP contribution in [0.5, 0.6) is 0 Å². The number of nitrogens with zero attached hydrogens (tertiary/aromatic N) is 2. The average molecular weight is 391 g/mol. The largest absolute Gasteiger partial charge is 0.477 e. The number of carbonyl (C=O) groups is 2. The molecule has 9 heteroatoms. The molecular weight excluding hydrogens is 369 g/mol. The number of aromatic carboxylic acids is 1.